The largest absolute Gasteiger partial charge is 0.392 e. The van der Waals surface area contributed by atoms with Gasteiger partial charge in [-0.15, -0.1) is 6.42 Å². The van der Waals surface area contributed by atoms with Gasteiger partial charge in [0.2, 0.25) is 0 Å². The number of benzene rings is 1. The Morgan fingerprint density at radius 1 is 1.53 bits per heavy atom. The molecule has 0 fully saturated rings. The van der Waals surface area contributed by atoms with Gasteiger partial charge in [0.15, 0.2) is 0 Å². The van der Waals surface area contributed by atoms with Crippen molar-refractivity contribution in [1.82, 2.24) is 0 Å². The Balaban J connectivity index is 2.95. The molecular weight excluding hydrogens is 254 g/mol. The van der Waals surface area contributed by atoms with Gasteiger partial charge in [-0.1, -0.05) is 27.9 Å². The van der Waals surface area contributed by atoms with Crippen molar-refractivity contribution in [2.75, 3.05) is 18.0 Å². The number of rotatable bonds is 4. The van der Waals surface area contributed by atoms with Crippen molar-refractivity contribution in [2.24, 2.45) is 0 Å². The summed E-state index contributed by atoms with van der Waals surface area (Å²) in [5.74, 6) is 2.63. The van der Waals surface area contributed by atoms with Crippen LogP contribution in [0.3, 0.4) is 0 Å². The molecule has 0 aliphatic heterocycles. The zero-order valence-corrected chi connectivity index (χ0v) is 10.3. The number of aliphatic hydroxyl groups excluding tert-OH is 1. The zero-order chi connectivity index (χ0) is 11.3. The standard InChI is InChI=1S/C12H14BrNO/c1-3-7-14(4-2)11-6-5-10(9-15)12(13)8-11/h1,5-6,8,15H,4,7,9H2,2H3. The lowest BCUT2D eigenvalue weighted by molar-refractivity contribution is 0.281. The van der Waals surface area contributed by atoms with Crippen molar-refractivity contribution in [2.45, 2.75) is 13.5 Å². The third-order valence-electron chi connectivity index (χ3n) is 2.24. The molecule has 0 atom stereocenters. The van der Waals surface area contributed by atoms with Gasteiger partial charge in [-0.25, -0.2) is 0 Å². The topological polar surface area (TPSA) is 23.5 Å². The van der Waals surface area contributed by atoms with Crippen LogP contribution in [-0.4, -0.2) is 18.2 Å². The molecule has 15 heavy (non-hydrogen) atoms. The summed E-state index contributed by atoms with van der Waals surface area (Å²) < 4.78 is 0.915. The molecule has 1 aromatic rings. The first-order chi connectivity index (χ1) is 7.22. The number of halogens is 1. The predicted octanol–water partition coefficient (Wildman–Crippen LogP) is 2.40. The molecule has 0 bridgehead atoms. The average molecular weight is 268 g/mol. The molecule has 3 heteroatoms. The molecule has 0 saturated heterocycles. The number of anilines is 1. The van der Waals surface area contributed by atoms with E-state index in [2.05, 4.69) is 33.7 Å². The molecule has 0 aliphatic rings. The van der Waals surface area contributed by atoms with Crippen LogP contribution >= 0.6 is 15.9 Å². The smallest absolute Gasteiger partial charge is 0.0791 e. The number of hydrogen-bond donors (Lipinski definition) is 1. The van der Waals surface area contributed by atoms with E-state index in [0.29, 0.717) is 6.54 Å². The predicted molar refractivity (Wildman–Crippen MR) is 66.8 cm³/mol. The summed E-state index contributed by atoms with van der Waals surface area (Å²) in [4.78, 5) is 2.09. The molecule has 0 spiro atoms. The summed E-state index contributed by atoms with van der Waals surface area (Å²) in [6, 6.07) is 5.85. The fourth-order valence-electron chi connectivity index (χ4n) is 1.36. The van der Waals surface area contributed by atoms with E-state index < -0.39 is 0 Å². The number of aliphatic hydroxyl groups is 1. The normalized spacial score (nSPS) is 9.73. The first kappa shape index (κ1) is 12.1. The maximum Gasteiger partial charge on any atom is 0.0791 e. The fourth-order valence-corrected chi connectivity index (χ4v) is 1.85. The molecule has 1 aromatic carbocycles. The summed E-state index contributed by atoms with van der Waals surface area (Å²) in [6.45, 7) is 3.57. The first-order valence-electron chi connectivity index (χ1n) is 4.80. The van der Waals surface area contributed by atoms with E-state index in [-0.39, 0.29) is 6.61 Å². The Morgan fingerprint density at radius 2 is 2.27 bits per heavy atom. The molecule has 0 heterocycles. The SMILES string of the molecule is C#CCN(CC)c1ccc(CO)c(Br)c1. The van der Waals surface area contributed by atoms with E-state index in [9.17, 15) is 0 Å². The second-order valence-electron chi connectivity index (χ2n) is 3.15. The van der Waals surface area contributed by atoms with Crippen LogP contribution in [-0.2, 0) is 6.61 Å². The number of hydrogen-bond acceptors (Lipinski definition) is 2. The maximum atomic E-state index is 9.03. The molecule has 0 aliphatic carbocycles. The summed E-state index contributed by atoms with van der Waals surface area (Å²) >= 11 is 3.42. The Morgan fingerprint density at radius 3 is 2.73 bits per heavy atom. The molecule has 80 valence electrons. The average Bonchev–Trinajstić information content (AvgIpc) is 2.25. The third-order valence-corrected chi connectivity index (χ3v) is 2.97. The van der Waals surface area contributed by atoms with Crippen molar-refractivity contribution >= 4 is 21.6 Å². The van der Waals surface area contributed by atoms with Gasteiger partial charge in [0.25, 0.3) is 0 Å². The van der Waals surface area contributed by atoms with E-state index in [1.165, 1.54) is 0 Å². The van der Waals surface area contributed by atoms with E-state index in [1.54, 1.807) is 0 Å². The van der Waals surface area contributed by atoms with Crippen LogP contribution in [0.15, 0.2) is 22.7 Å². The second kappa shape index (κ2) is 5.79. The highest BCUT2D eigenvalue weighted by Gasteiger charge is 2.05. The fraction of sp³-hybridized carbons (Fsp3) is 0.333. The van der Waals surface area contributed by atoms with Gasteiger partial charge in [0, 0.05) is 16.7 Å². The van der Waals surface area contributed by atoms with Crippen molar-refractivity contribution in [3.63, 3.8) is 0 Å². The Labute approximate surface area is 99.0 Å². The van der Waals surface area contributed by atoms with Crippen LogP contribution in [0.2, 0.25) is 0 Å². The van der Waals surface area contributed by atoms with Gasteiger partial charge in [0.1, 0.15) is 0 Å². The molecule has 1 N–H and O–H groups in total. The van der Waals surface area contributed by atoms with Crippen LogP contribution in [0.25, 0.3) is 0 Å². The van der Waals surface area contributed by atoms with Gasteiger partial charge in [-0.3, -0.25) is 0 Å². The Bertz CT molecular complexity index is 370. The lowest BCUT2D eigenvalue weighted by atomic mass is 10.2. The van der Waals surface area contributed by atoms with Crippen LogP contribution in [0.5, 0.6) is 0 Å². The van der Waals surface area contributed by atoms with Gasteiger partial charge >= 0.3 is 0 Å². The Hall–Kier alpha value is -0.980. The van der Waals surface area contributed by atoms with E-state index >= 15 is 0 Å². The zero-order valence-electron chi connectivity index (χ0n) is 8.70. The molecule has 0 aromatic heterocycles. The van der Waals surface area contributed by atoms with E-state index in [0.717, 1.165) is 22.3 Å². The van der Waals surface area contributed by atoms with Crippen LogP contribution in [0.1, 0.15) is 12.5 Å². The molecule has 1 rings (SSSR count). The minimum absolute atomic E-state index is 0.0438. The second-order valence-corrected chi connectivity index (χ2v) is 4.01. The highest BCUT2D eigenvalue weighted by Crippen LogP contribution is 2.24. The highest BCUT2D eigenvalue weighted by molar-refractivity contribution is 9.10. The van der Waals surface area contributed by atoms with Crippen molar-refractivity contribution < 1.29 is 5.11 Å². The third kappa shape index (κ3) is 2.98. The molecule has 0 saturated carbocycles. The lowest BCUT2D eigenvalue weighted by Gasteiger charge is -2.21. The van der Waals surface area contributed by atoms with E-state index in [1.807, 2.05) is 18.2 Å². The van der Waals surface area contributed by atoms with Gasteiger partial charge in [0.05, 0.1) is 13.2 Å². The molecule has 0 unspecified atom stereocenters. The van der Waals surface area contributed by atoms with Crippen LogP contribution in [0.4, 0.5) is 5.69 Å². The first-order valence-corrected chi connectivity index (χ1v) is 5.60. The minimum atomic E-state index is 0.0438. The van der Waals surface area contributed by atoms with Crippen molar-refractivity contribution in [1.29, 1.82) is 0 Å². The molecule has 0 amide bonds. The summed E-state index contributed by atoms with van der Waals surface area (Å²) in [5, 5.41) is 9.03. The van der Waals surface area contributed by atoms with Crippen LogP contribution in [0, 0.1) is 12.3 Å². The lowest BCUT2D eigenvalue weighted by Crippen LogP contribution is -2.22. The van der Waals surface area contributed by atoms with Crippen LogP contribution < -0.4 is 4.90 Å². The highest BCUT2D eigenvalue weighted by atomic mass is 79.9. The molecule has 0 radical (unpaired) electrons. The molecular formula is C12H14BrNO. The van der Waals surface area contributed by atoms with Gasteiger partial charge < -0.3 is 10.0 Å². The van der Waals surface area contributed by atoms with Crippen molar-refractivity contribution in [3.05, 3.63) is 28.2 Å². The minimum Gasteiger partial charge on any atom is -0.392 e. The monoisotopic (exact) mass is 267 g/mol. The quantitative estimate of drug-likeness (QED) is 0.848. The van der Waals surface area contributed by atoms with Gasteiger partial charge in [-0.05, 0) is 24.6 Å². The number of terminal acetylenes is 1. The van der Waals surface area contributed by atoms with E-state index in [4.69, 9.17) is 11.5 Å². The number of nitrogens with zero attached hydrogens (tertiary/aromatic N) is 1. The maximum absolute atomic E-state index is 9.03. The summed E-state index contributed by atoms with van der Waals surface area (Å²) in [5.41, 5.74) is 1.95. The molecule has 2 nitrogen and oxygen atoms in total. The van der Waals surface area contributed by atoms with Crippen molar-refractivity contribution in [3.8, 4) is 12.3 Å². The van der Waals surface area contributed by atoms with Gasteiger partial charge in [-0.2, -0.15) is 0 Å². The summed E-state index contributed by atoms with van der Waals surface area (Å²) in [6.07, 6.45) is 5.29. The Kier molecular flexibility index (Phi) is 4.67. The summed E-state index contributed by atoms with van der Waals surface area (Å²) in [7, 11) is 0.